The first kappa shape index (κ1) is 26.5. The number of rotatable bonds is 7. The zero-order valence-electron chi connectivity index (χ0n) is 19.7. The van der Waals surface area contributed by atoms with Crippen LogP contribution in [0.5, 0.6) is 5.75 Å². The molecule has 0 bridgehead atoms. The van der Waals surface area contributed by atoms with Crippen molar-refractivity contribution in [2.75, 3.05) is 13.7 Å². The number of imidazole rings is 1. The number of hydrogen-bond donors (Lipinski definition) is 1. The number of fused-ring (bicyclic) bond motifs is 1. The third-order valence-corrected chi connectivity index (χ3v) is 6.17. The van der Waals surface area contributed by atoms with Crippen molar-refractivity contribution in [3.8, 4) is 17.0 Å². The van der Waals surface area contributed by atoms with E-state index in [-0.39, 0.29) is 67.5 Å². The second kappa shape index (κ2) is 10.4. The summed E-state index contributed by atoms with van der Waals surface area (Å²) in [6.07, 6.45) is -2.03. The molecule has 3 aromatic rings. The summed E-state index contributed by atoms with van der Waals surface area (Å²) in [5, 5.41) is 0. The zero-order valence-corrected chi connectivity index (χ0v) is 19.7. The van der Waals surface area contributed by atoms with Gasteiger partial charge in [-0.15, -0.1) is 0 Å². The number of nitrogens with zero attached hydrogens (tertiary/aromatic N) is 4. The van der Waals surface area contributed by atoms with E-state index in [2.05, 4.69) is 9.97 Å². The first-order valence-electron chi connectivity index (χ1n) is 11.3. The summed E-state index contributed by atoms with van der Waals surface area (Å²) in [5.41, 5.74) is 6.42. The Morgan fingerprint density at radius 3 is 2.59 bits per heavy atom. The molecule has 0 aliphatic carbocycles. The average Bonchev–Trinajstić information content (AvgIpc) is 3.25. The molecular weight excluding hydrogens is 504 g/mol. The maximum Gasteiger partial charge on any atom is 0.449 e. The van der Waals surface area contributed by atoms with E-state index < -0.39 is 35.5 Å². The number of nitrogens with two attached hydrogens (primary N) is 1. The van der Waals surface area contributed by atoms with Gasteiger partial charge in [-0.3, -0.25) is 9.78 Å². The van der Waals surface area contributed by atoms with Crippen molar-refractivity contribution in [2.24, 2.45) is 5.73 Å². The van der Waals surface area contributed by atoms with Gasteiger partial charge in [-0.25, -0.2) is 18.2 Å². The Bertz CT molecular complexity index is 1310. The van der Waals surface area contributed by atoms with Crippen molar-refractivity contribution in [3.63, 3.8) is 0 Å². The highest BCUT2D eigenvalue weighted by atomic mass is 19.4. The van der Waals surface area contributed by atoms with E-state index in [0.717, 1.165) is 10.6 Å². The molecule has 0 saturated heterocycles. The molecule has 0 spiro atoms. The predicted octanol–water partition coefficient (Wildman–Crippen LogP) is 4.08. The van der Waals surface area contributed by atoms with Crippen LogP contribution >= 0.6 is 0 Å². The topological polar surface area (TPSA) is 86.3 Å². The van der Waals surface area contributed by atoms with Crippen LogP contribution < -0.4 is 10.5 Å². The lowest BCUT2D eigenvalue weighted by Gasteiger charge is -2.30. The molecule has 198 valence electrons. The summed E-state index contributed by atoms with van der Waals surface area (Å²) in [6.45, 7) is -0.233. The Hall–Kier alpha value is -3.61. The Kier molecular flexibility index (Phi) is 7.44. The average molecular weight is 527 g/mol. The van der Waals surface area contributed by atoms with Crippen LogP contribution in [0.3, 0.4) is 0 Å². The van der Waals surface area contributed by atoms with Gasteiger partial charge >= 0.3 is 6.18 Å². The molecule has 4 rings (SSSR count). The van der Waals surface area contributed by atoms with Crippen molar-refractivity contribution in [2.45, 2.75) is 44.6 Å². The van der Waals surface area contributed by atoms with Gasteiger partial charge in [0, 0.05) is 43.4 Å². The lowest BCUT2D eigenvalue weighted by Crippen LogP contribution is -2.39. The van der Waals surface area contributed by atoms with Gasteiger partial charge in [-0.2, -0.15) is 13.2 Å². The molecule has 2 aromatic heterocycles. The number of methoxy groups -OCH3 is 1. The molecule has 3 heterocycles. The van der Waals surface area contributed by atoms with Crippen molar-refractivity contribution >= 4 is 5.91 Å². The SMILES string of the molecule is COc1cnccc1-c1nc(C(F)(F)F)n2c1CN(C(=O)CC[C@H](N)Cc1cc(F)c(F)cc1F)CC2. The van der Waals surface area contributed by atoms with Crippen molar-refractivity contribution < 1.29 is 35.9 Å². The van der Waals surface area contributed by atoms with Gasteiger partial charge in [0.25, 0.3) is 0 Å². The molecule has 1 amide bonds. The van der Waals surface area contributed by atoms with Crippen molar-refractivity contribution in [3.05, 3.63) is 65.1 Å². The Balaban J connectivity index is 1.50. The number of alkyl halides is 3. The summed E-state index contributed by atoms with van der Waals surface area (Å²) in [5.74, 6) is -4.66. The number of amides is 1. The molecule has 0 saturated carbocycles. The minimum atomic E-state index is -4.71. The number of carbonyl (C=O) groups excluding carboxylic acids is 1. The molecule has 1 aliphatic rings. The van der Waals surface area contributed by atoms with Crippen LogP contribution in [0.1, 0.15) is 29.9 Å². The van der Waals surface area contributed by atoms with Gasteiger partial charge in [0.15, 0.2) is 11.6 Å². The van der Waals surface area contributed by atoms with Crippen LogP contribution in [0.25, 0.3) is 11.3 Å². The third kappa shape index (κ3) is 5.55. The zero-order chi connectivity index (χ0) is 26.9. The standard InChI is InChI=1S/C24H23F6N5O2/c1-37-20-11-32-5-4-15(20)22-19-12-34(6-7-35(19)23(33-22)24(28,29)30)21(36)3-2-14(31)8-13-9-17(26)18(27)10-16(13)25/h4-5,9-11,14H,2-3,6-8,12,31H2,1H3/t14-/m0/s1. The smallest absolute Gasteiger partial charge is 0.449 e. The van der Waals surface area contributed by atoms with E-state index in [1.54, 1.807) is 0 Å². The van der Waals surface area contributed by atoms with Gasteiger partial charge < -0.3 is 19.9 Å². The number of ether oxygens (including phenoxy) is 1. The molecule has 37 heavy (non-hydrogen) atoms. The van der Waals surface area contributed by atoms with Gasteiger partial charge in [-0.1, -0.05) is 0 Å². The quantitative estimate of drug-likeness (QED) is 0.370. The normalized spacial score (nSPS) is 14.4. The lowest BCUT2D eigenvalue weighted by molar-refractivity contribution is -0.148. The highest BCUT2D eigenvalue weighted by molar-refractivity contribution is 5.77. The van der Waals surface area contributed by atoms with Gasteiger partial charge in [-0.05, 0) is 30.5 Å². The molecule has 0 unspecified atom stereocenters. The second-order valence-corrected chi connectivity index (χ2v) is 8.63. The van der Waals surface area contributed by atoms with Crippen molar-refractivity contribution in [1.29, 1.82) is 0 Å². The highest BCUT2D eigenvalue weighted by Crippen LogP contribution is 2.38. The molecule has 0 radical (unpaired) electrons. The number of carbonyl (C=O) groups is 1. The lowest BCUT2D eigenvalue weighted by atomic mass is 10.0. The van der Waals surface area contributed by atoms with Gasteiger partial charge in [0.2, 0.25) is 11.7 Å². The van der Waals surface area contributed by atoms with E-state index in [0.29, 0.717) is 11.6 Å². The monoisotopic (exact) mass is 527 g/mol. The minimum Gasteiger partial charge on any atom is -0.494 e. The van der Waals surface area contributed by atoms with E-state index in [1.807, 2.05) is 0 Å². The predicted molar refractivity (Wildman–Crippen MR) is 120 cm³/mol. The number of pyridine rings is 1. The first-order valence-corrected chi connectivity index (χ1v) is 11.3. The summed E-state index contributed by atoms with van der Waals surface area (Å²) in [4.78, 5) is 22.1. The molecule has 13 heteroatoms. The van der Waals surface area contributed by atoms with Crippen LogP contribution in [0.2, 0.25) is 0 Å². The van der Waals surface area contributed by atoms with Gasteiger partial charge in [0.05, 0.1) is 31.2 Å². The number of benzene rings is 1. The second-order valence-electron chi connectivity index (χ2n) is 8.63. The highest BCUT2D eigenvalue weighted by Gasteiger charge is 2.41. The molecule has 0 fully saturated rings. The van der Waals surface area contributed by atoms with E-state index >= 15 is 0 Å². The maximum atomic E-state index is 13.9. The summed E-state index contributed by atoms with van der Waals surface area (Å²) in [7, 11) is 1.36. The first-order chi connectivity index (χ1) is 17.5. The molecular formula is C24H23F6N5O2. The largest absolute Gasteiger partial charge is 0.494 e. The number of halogens is 6. The molecule has 2 N–H and O–H groups in total. The van der Waals surface area contributed by atoms with E-state index in [9.17, 15) is 31.1 Å². The van der Waals surface area contributed by atoms with E-state index in [4.69, 9.17) is 10.5 Å². The van der Waals surface area contributed by atoms with Crippen LogP contribution in [0, 0.1) is 17.5 Å². The van der Waals surface area contributed by atoms with Gasteiger partial charge in [0.1, 0.15) is 11.6 Å². The molecule has 1 atom stereocenters. The number of hydrogen-bond acceptors (Lipinski definition) is 5. The summed E-state index contributed by atoms with van der Waals surface area (Å²) < 4.78 is 87.9. The number of aromatic nitrogens is 3. The van der Waals surface area contributed by atoms with E-state index in [1.165, 1.54) is 30.5 Å². The Morgan fingerprint density at radius 2 is 1.89 bits per heavy atom. The molecule has 1 aliphatic heterocycles. The summed E-state index contributed by atoms with van der Waals surface area (Å²) in [6, 6.07) is 1.92. The fraction of sp³-hybridized carbons (Fsp3) is 0.375. The molecule has 7 nitrogen and oxygen atoms in total. The summed E-state index contributed by atoms with van der Waals surface area (Å²) >= 11 is 0. The van der Waals surface area contributed by atoms with Crippen molar-refractivity contribution in [1.82, 2.24) is 19.4 Å². The van der Waals surface area contributed by atoms with Crippen LogP contribution in [0.15, 0.2) is 30.6 Å². The van der Waals surface area contributed by atoms with Crippen LogP contribution in [-0.4, -0.2) is 45.0 Å². The van der Waals surface area contributed by atoms with Crippen LogP contribution in [-0.2, 0) is 30.5 Å². The fourth-order valence-electron chi connectivity index (χ4n) is 4.32. The van der Waals surface area contributed by atoms with Crippen LogP contribution in [0.4, 0.5) is 26.3 Å². The molecule has 1 aromatic carbocycles. The fourth-order valence-corrected chi connectivity index (χ4v) is 4.32. The maximum absolute atomic E-state index is 13.9. The Morgan fingerprint density at radius 1 is 1.16 bits per heavy atom. The minimum absolute atomic E-state index is 0.0191. The third-order valence-electron chi connectivity index (χ3n) is 6.17. The Labute approximate surface area is 207 Å².